The van der Waals surface area contributed by atoms with Crippen LogP contribution < -0.4 is 10.6 Å². The standard InChI is InChI=1S/C16H17N7O/c1-12-6-10-23(22-12)15-5-4-14(20-21-15)18-8-9-19-16(24)13-3-2-7-17-11-13/h2-7,10-11H,8-9H2,1H3,(H,18,20)(H,19,24). The maximum absolute atomic E-state index is 11.8. The van der Waals surface area contributed by atoms with E-state index < -0.39 is 0 Å². The van der Waals surface area contributed by atoms with Gasteiger partial charge in [0.25, 0.3) is 5.91 Å². The molecular weight excluding hydrogens is 306 g/mol. The molecule has 3 heterocycles. The quantitative estimate of drug-likeness (QED) is 0.662. The zero-order chi connectivity index (χ0) is 16.8. The number of aromatic nitrogens is 5. The van der Waals surface area contributed by atoms with E-state index in [1.807, 2.05) is 31.3 Å². The molecule has 3 aromatic rings. The molecule has 0 saturated carbocycles. The Morgan fingerprint density at radius 1 is 1.17 bits per heavy atom. The van der Waals surface area contributed by atoms with E-state index in [0.717, 1.165) is 5.69 Å². The minimum atomic E-state index is -0.152. The molecular formula is C16H17N7O. The average molecular weight is 323 g/mol. The van der Waals surface area contributed by atoms with Crippen molar-refractivity contribution >= 4 is 11.7 Å². The van der Waals surface area contributed by atoms with Crippen molar-refractivity contribution in [2.75, 3.05) is 18.4 Å². The van der Waals surface area contributed by atoms with Gasteiger partial charge >= 0.3 is 0 Å². The van der Waals surface area contributed by atoms with Crippen molar-refractivity contribution in [2.24, 2.45) is 0 Å². The Hall–Kier alpha value is -3.29. The number of amides is 1. The molecule has 0 aliphatic rings. The lowest BCUT2D eigenvalue weighted by atomic mass is 10.3. The lowest BCUT2D eigenvalue weighted by Crippen LogP contribution is -2.29. The number of nitrogens with zero attached hydrogens (tertiary/aromatic N) is 5. The van der Waals surface area contributed by atoms with Crippen molar-refractivity contribution in [3.05, 3.63) is 60.2 Å². The van der Waals surface area contributed by atoms with Gasteiger partial charge in [-0.05, 0) is 37.3 Å². The number of hydrogen-bond donors (Lipinski definition) is 2. The Morgan fingerprint density at radius 3 is 2.75 bits per heavy atom. The van der Waals surface area contributed by atoms with E-state index >= 15 is 0 Å². The van der Waals surface area contributed by atoms with Crippen molar-refractivity contribution in [3.63, 3.8) is 0 Å². The number of carbonyl (C=O) groups is 1. The van der Waals surface area contributed by atoms with Crippen molar-refractivity contribution < 1.29 is 4.79 Å². The highest BCUT2D eigenvalue weighted by atomic mass is 16.1. The number of aryl methyl sites for hydroxylation is 1. The van der Waals surface area contributed by atoms with Crippen LogP contribution in [0.15, 0.2) is 48.9 Å². The second kappa shape index (κ2) is 7.32. The van der Waals surface area contributed by atoms with Crippen molar-refractivity contribution in [3.8, 4) is 5.82 Å². The first-order valence-electron chi connectivity index (χ1n) is 7.51. The molecule has 0 atom stereocenters. The summed E-state index contributed by atoms with van der Waals surface area (Å²) in [5.41, 5.74) is 1.46. The van der Waals surface area contributed by atoms with Gasteiger partial charge in [-0.1, -0.05) is 0 Å². The van der Waals surface area contributed by atoms with E-state index in [1.165, 1.54) is 6.20 Å². The summed E-state index contributed by atoms with van der Waals surface area (Å²) in [4.78, 5) is 15.8. The highest BCUT2D eigenvalue weighted by molar-refractivity contribution is 5.93. The molecule has 2 N–H and O–H groups in total. The van der Waals surface area contributed by atoms with E-state index in [9.17, 15) is 4.79 Å². The second-order valence-corrected chi connectivity index (χ2v) is 5.10. The summed E-state index contributed by atoms with van der Waals surface area (Å²) in [7, 11) is 0. The molecule has 24 heavy (non-hydrogen) atoms. The Balaban J connectivity index is 1.46. The van der Waals surface area contributed by atoms with Crippen LogP contribution >= 0.6 is 0 Å². The summed E-state index contributed by atoms with van der Waals surface area (Å²) >= 11 is 0. The first-order valence-corrected chi connectivity index (χ1v) is 7.51. The third-order valence-corrected chi connectivity index (χ3v) is 3.25. The molecule has 0 radical (unpaired) electrons. The first kappa shape index (κ1) is 15.6. The molecule has 8 nitrogen and oxygen atoms in total. The maximum Gasteiger partial charge on any atom is 0.252 e. The van der Waals surface area contributed by atoms with Gasteiger partial charge in [-0.3, -0.25) is 9.78 Å². The summed E-state index contributed by atoms with van der Waals surface area (Å²) in [5, 5.41) is 18.4. The first-order chi connectivity index (χ1) is 11.7. The van der Waals surface area contributed by atoms with Crippen LogP contribution in [0.5, 0.6) is 0 Å². The fraction of sp³-hybridized carbons (Fsp3) is 0.188. The molecule has 0 spiro atoms. The van der Waals surface area contributed by atoms with E-state index in [2.05, 4.69) is 30.9 Å². The van der Waals surface area contributed by atoms with Crippen LogP contribution in [0.25, 0.3) is 5.82 Å². The predicted molar refractivity (Wildman–Crippen MR) is 89.0 cm³/mol. The number of anilines is 1. The van der Waals surface area contributed by atoms with Crippen molar-refractivity contribution in [2.45, 2.75) is 6.92 Å². The van der Waals surface area contributed by atoms with E-state index in [4.69, 9.17) is 0 Å². The van der Waals surface area contributed by atoms with Gasteiger partial charge in [0.15, 0.2) is 5.82 Å². The highest BCUT2D eigenvalue weighted by Gasteiger charge is 2.04. The topological polar surface area (TPSA) is 97.6 Å². The molecule has 1 amide bonds. The van der Waals surface area contributed by atoms with Gasteiger partial charge in [0.2, 0.25) is 0 Å². The van der Waals surface area contributed by atoms with Crippen LogP contribution in [0.1, 0.15) is 16.1 Å². The second-order valence-electron chi connectivity index (χ2n) is 5.10. The molecule has 0 aliphatic carbocycles. The predicted octanol–water partition coefficient (Wildman–Crippen LogP) is 1.21. The third-order valence-electron chi connectivity index (χ3n) is 3.25. The SMILES string of the molecule is Cc1ccn(-c2ccc(NCCNC(=O)c3cccnc3)nn2)n1. The Labute approximate surface area is 139 Å². The van der Waals surface area contributed by atoms with Gasteiger partial charge in [-0.15, -0.1) is 10.2 Å². The molecule has 0 saturated heterocycles. The molecule has 0 unspecified atom stereocenters. The van der Waals surface area contributed by atoms with Crippen LogP contribution in [0.4, 0.5) is 5.82 Å². The number of rotatable bonds is 6. The van der Waals surface area contributed by atoms with Crippen LogP contribution in [-0.4, -0.2) is 44.0 Å². The Morgan fingerprint density at radius 2 is 2.08 bits per heavy atom. The van der Waals surface area contributed by atoms with Crippen molar-refractivity contribution in [1.29, 1.82) is 0 Å². The largest absolute Gasteiger partial charge is 0.367 e. The molecule has 8 heteroatoms. The molecule has 122 valence electrons. The number of hydrogen-bond acceptors (Lipinski definition) is 6. The number of pyridine rings is 1. The van der Waals surface area contributed by atoms with Gasteiger partial charge in [0.1, 0.15) is 5.82 Å². The van der Waals surface area contributed by atoms with Gasteiger partial charge in [0, 0.05) is 31.7 Å². The fourth-order valence-corrected chi connectivity index (χ4v) is 2.05. The molecule has 0 aromatic carbocycles. The summed E-state index contributed by atoms with van der Waals surface area (Å²) in [5.74, 6) is 1.14. The lowest BCUT2D eigenvalue weighted by molar-refractivity contribution is 0.0955. The maximum atomic E-state index is 11.8. The van der Waals surface area contributed by atoms with Crippen LogP contribution in [-0.2, 0) is 0 Å². The fourth-order valence-electron chi connectivity index (χ4n) is 2.05. The van der Waals surface area contributed by atoms with E-state index in [0.29, 0.717) is 30.3 Å². The van der Waals surface area contributed by atoms with Gasteiger partial charge in [-0.25, -0.2) is 4.68 Å². The van der Waals surface area contributed by atoms with Gasteiger partial charge in [0.05, 0.1) is 11.3 Å². The van der Waals surface area contributed by atoms with Crippen molar-refractivity contribution in [1.82, 2.24) is 30.3 Å². The van der Waals surface area contributed by atoms with Crippen LogP contribution in [0.3, 0.4) is 0 Å². The number of carbonyl (C=O) groups excluding carboxylic acids is 1. The lowest BCUT2D eigenvalue weighted by Gasteiger charge is -2.07. The normalized spacial score (nSPS) is 10.4. The smallest absolute Gasteiger partial charge is 0.252 e. The Bertz CT molecular complexity index is 799. The zero-order valence-electron chi connectivity index (χ0n) is 13.2. The zero-order valence-corrected chi connectivity index (χ0v) is 13.2. The van der Waals surface area contributed by atoms with Gasteiger partial charge < -0.3 is 10.6 Å². The summed E-state index contributed by atoms with van der Waals surface area (Å²) in [6, 6.07) is 9.00. The Kier molecular flexibility index (Phi) is 4.76. The summed E-state index contributed by atoms with van der Waals surface area (Å²) < 4.78 is 1.67. The molecule has 3 aromatic heterocycles. The minimum Gasteiger partial charge on any atom is -0.367 e. The minimum absolute atomic E-state index is 0.152. The average Bonchev–Trinajstić information content (AvgIpc) is 3.06. The monoisotopic (exact) mass is 323 g/mol. The van der Waals surface area contributed by atoms with Crippen LogP contribution in [0.2, 0.25) is 0 Å². The molecule has 0 bridgehead atoms. The molecule has 3 rings (SSSR count). The third kappa shape index (κ3) is 3.92. The number of nitrogens with one attached hydrogen (secondary N) is 2. The summed E-state index contributed by atoms with van der Waals surface area (Å²) in [6.07, 6.45) is 5.00. The summed E-state index contributed by atoms with van der Waals surface area (Å²) in [6.45, 7) is 2.93. The van der Waals surface area contributed by atoms with Crippen LogP contribution in [0, 0.1) is 6.92 Å². The van der Waals surface area contributed by atoms with Gasteiger partial charge in [-0.2, -0.15) is 5.10 Å². The molecule has 0 fully saturated rings. The van der Waals surface area contributed by atoms with E-state index in [-0.39, 0.29) is 5.91 Å². The highest BCUT2D eigenvalue weighted by Crippen LogP contribution is 2.06. The van der Waals surface area contributed by atoms with E-state index in [1.54, 1.807) is 23.0 Å². The molecule has 0 aliphatic heterocycles.